The van der Waals surface area contributed by atoms with Gasteiger partial charge in [-0.3, -0.25) is 0 Å². The molecule has 0 radical (unpaired) electrons. The number of hydrogen-bond donors (Lipinski definition) is 1. The minimum atomic E-state index is -2.25. The van der Waals surface area contributed by atoms with Gasteiger partial charge in [0, 0.05) is 11.0 Å². The summed E-state index contributed by atoms with van der Waals surface area (Å²) in [6.45, 7) is 0.226. The van der Waals surface area contributed by atoms with E-state index in [0.29, 0.717) is 38.5 Å². The molecule has 1 aromatic carbocycles. The van der Waals surface area contributed by atoms with Crippen molar-refractivity contribution in [3.8, 4) is 0 Å². The number of alkyl carbamates (subject to hydrolysis) is 1. The summed E-state index contributed by atoms with van der Waals surface area (Å²) in [5, 5.41) is 2.94. The van der Waals surface area contributed by atoms with Crippen molar-refractivity contribution < 1.29 is 18.3 Å². The van der Waals surface area contributed by atoms with Crippen molar-refractivity contribution in [2.24, 2.45) is 5.41 Å². The zero-order chi connectivity index (χ0) is 15.6. The zero-order valence-electron chi connectivity index (χ0n) is 12.5. The summed E-state index contributed by atoms with van der Waals surface area (Å²) in [5.74, 6) is 0. The third-order valence-corrected chi connectivity index (χ3v) is 5.35. The number of nitrogens with one attached hydrogen (secondary N) is 1. The Hall–Kier alpha value is -1.65. The van der Waals surface area contributed by atoms with E-state index >= 15 is 0 Å². The molecule has 120 valence electrons. The van der Waals surface area contributed by atoms with Crippen LogP contribution in [0, 0.1) is 5.41 Å². The first kappa shape index (κ1) is 15.3. The second kappa shape index (κ2) is 5.86. The van der Waals surface area contributed by atoms with Gasteiger partial charge in [0.15, 0.2) is 0 Å². The Labute approximate surface area is 129 Å². The first-order valence-corrected chi connectivity index (χ1v) is 7.81. The number of carbonyl (C=O) groups excluding carboxylic acids is 1. The minimum Gasteiger partial charge on any atom is -0.445 e. The predicted octanol–water partition coefficient (Wildman–Crippen LogP) is 4.27. The molecule has 0 spiro atoms. The van der Waals surface area contributed by atoms with Gasteiger partial charge >= 0.3 is 6.09 Å². The molecule has 3 fully saturated rings. The summed E-state index contributed by atoms with van der Waals surface area (Å²) in [5.41, 5.74) is -0.221. The van der Waals surface area contributed by atoms with Crippen LogP contribution in [-0.4, -0.2) is 18.1 Å². The Bertz CT molecular complexity index is 508. The first-order chi connectivity index (χ1) is 10.5. The van der Waals surface area contributed by atoms with Crippen molar-refractivity contribution in [3.05, 3.63) is 35.9 Å². The molecule has 0 saturated heterocycles. The summed E-state index contributed by atoms with van der Waals surface area (Å²) in [4.78, 5) is 12.0. The lowest BCUT2D eigenvalue weighted by Gasteiger charge is -2.52. The number of amides is 1. The van der Waals surface area contributed by atoms with Gasteiger partial charge in [-0.25, -0.2) is 13.6 Å². The van der Waals surface area contributed by atoms with Gasteiger partial charge in [0.05, 0.1) is 0 Å². The molecule has 5 heteroatoms. The van der Waals surface area contributed by atoms with E-state index in [1.807, 2.05) is 30.3 Å². The number of benzene rings is 1. The van der Waals surface area contributed by atoms with Crippen molar-refractivity contribution >= 4 is 6.09 Å². The number of alkyl halides is 2. The van der Waals surface area contributed by atoms with Crippen molar-refractivity contribution in [1.82, 2.24) is 5.32 Å². The van der Waals surface area contributed by atoms with Gasteiger partial charge in [0.25, 0.3) is 0 Å². The number of ether oxygens (including phenoxy) is 1. The second-order valence-electron chi connectivity index (χ2n) is 6.63. The lowest BCUT2D eigenvalue weighted by molar-refractivity contribution is -0.0882. The van der Waals surface area contributed by atoms with E-state index in [2.05, 4.69) is 5.32 Å². The molecule has 1 amide bonds. The monoisotopic (exact) mass is 309 g/mol. The maximum Gasteiger partial charge on any atom is 0.407 e. The molecule has 0 heterocycles. The fourth-order valence-electron chi connectivity index (χ4n) is 3.71. The van der Waals surface area contributed by atoms with E-state index in [0.717, 1.165) is 5.56 Å². The Kier molecular flexibility index (Phi) is 4.06. The molecule has 3 nitrogen and oxygen atoms in total. The molecule has 0 unspecified atom stereocenters. The van der Waals surface area contributed by atoms with E-state index in [4.69, 9.17) is 4.74 Å². The Morgan fingerprint density at radius 3 is 2.23 bits per heavy atom. The van der Waals surface area contributed by atoms with Crippen molar-refractivity contribution in [1.29, 1.82) is 0 Å². The van der Waals surface area contributed by atoms with Crippen LogP contribution in [0.5, 0.6) is 0 Å². The van der Waals surface area contributed by atoms with Crippen LogP contribution in [0.4, 0.5) is 13.6 Å². The molecule has 3 aliphatic carbocycles. The molecule has 3 aliphatic rings. The normalized spacial score (nSPS) is 30.3. The number of carbonyl (C=O) groups is 1. The second-order valence-corrected chi connectivity index (χ2v) is 6.63. The highest BCUT2D eigenvalue weighted by Gasteiger charge is 2.53. The fraction of sp³-hybridized carbons (Fsp3) is 0.588. The van der Waals surface area contributed by atoms with E-state index in [-0.39, 0.29) is 12.1 Å². The van der Waals surface area contributed by atoms with Gasteiger partial charge in [-0.15, -0.1) is 0 Å². The van der Waals surface area contributed by atoms with Gasteiger partial charge in [-0.05, 0) is 44.1 Å². The molecular formula is C17H21F2NO2. The van der Waals surface area contributed by atoms with Gasteiger partial charge in [0.2, 0.25) is 6.43 Å². The third-order valence-electron chi connectivity index (χ3n) is 5.35. The summed E-state index contributed by atoms with van der Waals surface area (Å²) in [7, 11) is 0. The summed E-state index contributed by atoms with van der Waals surface area (Å²) >= 11 is 0. The van der Waals surface area contributed by atoms with Gasteiger partial charge in [-0.2, -0.15) is 0 Å². The zero-order valence-corrected chi connectivity index (χ0v) is 12.5. The lowest BCUT2D eigenvalue weighted by Crippen LogP contribution is -2.58. The summed E-state index contributed by atoms with van der Waals surface area (Å²) < 4.78 is 31.6. The van der Waals surface area contributed by atoms with Crippen LogP contribution in [0.25, 0.3) is 0 Å². The van der Waals surface area contributed by atoms with Crippen molar-refractivity contribution in [3.63, 3.8) is 0 Å². The van der Waals surface area contributed by atoms with Crippen LogP contribution in [0.1, 0.15) is 44.1 Å². The van der Waals surface area contributed by atoms with Gasteiger partial charge in [-0.1, -0.05) is 30.3 Å². The molecular weight excluding hydrogens is 288 g/mol. The highest BCUT2D eigenvalue weighted by molar-refractivity contribution is 5.68. The van der Waals surface area contributed by atoms with Crippen LogP contribution >= 0.6 is 0 Å². The van der Waals surface area contributed by atoms with Gasteiger partial charge in [0.1, 0.15) is 6.61 Å². The fourth-order valence-corrected chi connectivity index (χ4v) is 3.71. The largest absolute Gasteiger partial charge is 0.445 e. The maximum absolute atomic E-state index is 13.2. The van der Waals surface area contributed by atoms with E-state index in [1.165, 1.54) is 0 Å². The number of hydrogen-bond acceptors (Lipinski definition) is 2. The Morgan fingerprint density at radius 2 is 1.68 bits per heavy atom. The molecule has 3 saturated carbocycles. The number of fused-ring (bicyclic) bond motifs is 3. The quantitative estimate of drug-likeness (QED) is 0.902. The highest BCUT2D eigenvalue weighted by atomic mass is 19.3. The molecule has 22 heavy (non-hydrogen) atoms. The highest BCUT2D eigenvalue weighted by Crippen LogP contribution is 2.55. The van der Waals surface area contributed by atoms with Crippen LogP contribution in [0.2, 0.25) is 0 Å². The standard InChI is InChI=1S/C17H21F2NO2/c18-14(19)16-6-9-17(10-7-16,11-8-16)20-15(21)22-12-13-4-2-1-3-5-13/h1-5,14H,6-12H2,(H,20,21). The van der Waals surface area contributed by atoms with Crippen LogP contribution in [-0.2, 0) is 11.3 Å². The van der Waals surface area contributed by atoms with Crippen molar-refractivity contribution in [2.45, 2.75) is 57.1 Å². The molecule has 0 aromatic heterocycles. The topological polar surface area (TPSA) is 38.3 Å². The van der Waals surface area contributed by atoms with Crippen LogP contribution in [0.15, 0.2) is 30.3 Å². The molecule has 1 N–H and O–H groups in total. The van der Waals surface area contributed by atoms with E-state index < -0.39 is 17.9 Å². The van der Waals surface area contributed by atoms with Crippen LogP contribution < -0.4 is 5.32 Å². The molecule has 1 aromatic rings. The third kappa shape index (κ3) is 2.94. The van der Waals surface area contributed by atoms with Crippen LogP contribution in [0.3, 0.4) is 0 Å². The Balaban J connectivity index is 1.52. The average Bonchev–Trinajstić information content (AvgIpc) is 2.55. The maximum atomic E-state index is 13.2. The lowest BCUT2D eigenvalue weighted by atomic mass is 9.57. The molecule has 0 atom stereocenters. The van der Waals surface area contributed by atoms with Gasteiger partial charge < -0.3 is 10.1 Å². The number of rotatable bonds is 4. The summed E-state index contributed by atoms with van der Waals surface area (Å²) in [6.07, 6.45) is 0.635. The first-order valence-electron chi connectivity index (χ1n) is 7.81. The predicted molar refractivity (Wildman–Crippen MR) is 78.6 cm³/mol. The SMILES string of the molecule is O=C(NC12CCC(C(F)F)(CC1)CC2)OCc1ccccc1. The smallest absolute Gasteiger partial charge is 0.407 e. The minimum absolute atomic E-state index is 0.226. The average molecular weight is 309 g/mol. The molecule has 2 bridgehead atoms. The molecule has 0 aliphatic heterocycles. The van der Waals surface area contributed by atoms with E-state index in [9.17, 15) is 13.6 Å². The molecule has 4 rings (SSSR count). The number of halogens is 2. The van der Waals surface area contributed by atoms with E-state index in [1.54, 1.807) is 0 Å². The Morgan fingerprint density at radius 1 is 1.09 bits per heavy atom. The van der Waals surface area contributed by atoms with Crippen molar-refractivity contribution in [2.75, 3.05) is 0 Å². The summed E-state index contributed by atoms with van der Waals surface area (Å²) in [6, 6.07) is 9.47.